The predicted octanol–water partition coefficient (Wildman–Crippen LogP) is 2.39. The lowest BCUT2D eigenvalue weighted by Crippen LogP contribution is -2.40. The van der Waals surface area contributed by atoms with Crippen LogP contribution in [0, 0.1) is 0 Å². The number of para-hydroxylation sites is 2. The summed E-state index contributed by atoms with van der Waals surface area (Å²) in [6.07, 6.45) is 4.84. The first-order valence-corrected chi connectivity index (χ1v) is 7.07. The number of fused-ring (bicyclic) bond motifs is 1. The molecule has 0 aromatic heterocycles. The molecule has 0 radical (unpaired) electrons. The lowest BCUT2D eigenvalue weighted by atomic mass is 10.2. The van der Waals surface area contributed by atoms with Crippen LogP contribution in [0.25, 0.3) is 0 Å². The highest BCUT2D eigenvalue weighted by Gasteiger charge is 2.20. The van der Waals surface area contributed by atoms with E-state index >= 15 is 0 Å². The van der Waals surface area contributed by atoms with E-state index in [4.69, 9.17) is 9.47 Å². The molecule has 2 aliphatic heterocycles. The van der Waals surface area contributed by atoms with Gasteiger partial charge in [-0.25, -0.2) is 0 Å². The zero-order chi connectivity index (χ0) is 12.9. The van der Waals surface area contributed by atoms with Crippen molar-refractivity contribution < 1.29 is 9.47 Å². The molecule has 1 aromatic rings. The molecule has 0 spiro atoms. The van der Waals surface area contributed by atoms with E-state index in [-0.39, 0.29) is 6.10 Å². The highest BCUT2D eigenvalue weighted by atomic mass is 16.6. The standard InChI is InChI=1S/C15H20N2O2/c1-2-8-15(16-9-5-1)17-10-12-11-18-13-6-3-4-7-14(13)19-12/h3-4,6-7,12H,1-2,5,8-11H2,(H,16,17)/t12-/m0/s1. The van der Waals surface area contributed by atoms with Gasteiger partial charge in [-0.15, -0.1) is 0 Å². The third kappa shape index (κ3) is 3.19. The Morgan fingerprint density at radius 2 is 2.05 bits per heavy atom. The lowest BCUT2D eigenvalue weighted by molar-refractivity contribution is 0.0937. The summed E-state index contributed by atoms with van der Waals surface area (Å²) in [6, 6.07) is 7.81. The van der Waals surface area contributed by atoms with Crippen molar-refractivity contribution in [1.82, 2.24) is 5.32 Å². The smallest absolute Gasteiger partial charge is 0.161 e. The van der Waals surface area contributed by atoms with Crippen molar-refractivity contribution in [2.45, 2.75) is 31.8 Å². The minimum atomic E-state index is 0.0563. The summed E-state index contributed by atoms with van der Waals surface area (Å²) in [7, 11) is 0. The van der Waals surface area contributed by atoms with Gasteiger partial charge in [-0.3, -0.25) is 4.99 Å². The molecule has 0 amide bonds. The molecule has 2 heterocycles. The number of hydrogen-bond acceptors (Lipinski definition) is 4. The monoisotopic (exact) mass is 260 g/mol. The molecule has 0 aliphatic carbocycles. The van der Waals surface area contributed by atoms with Crippen molar-refractivity contribution in [2.75, 3.05) is 19.7 Å². The van der Waals surface area contributed by atoms with Gasteiger partial charge < -0.3 is 14.8 Å². The number of rotatable bonds is 2. The van der Waals surface area contributed by atoms with Gasteiger partial charge in [0.1, 0.15) is 12.7 Å². The van der Waals surface area contributed by atoms with Crippen LogP contribution in [0.1, 0.15) is 25.7 Å². The fourth-order valence-corrected chi connectivity index (χ4v) is 2.41. The van der Waals surface area contributed by atoms with Crippen molar-refractivity contribution in [3.05, 3.63) is 24.3 Å². The maximum atomic E-state index is 5.91. The SMILES string of the molecule is c1ccc2c(c1)OC[C@H](CNC1=NCCCCC1)O2. The molecule has 1 N–H and O–H groups in total. The molecule has 1 aromatic carbocycles. The number of ether oxygens (including phenoxy) is 2. The predicted molar refractivity (Wildman–Crippen MR) is 75.1 cm³/mol. The topological polar surface area (TPSA) is 42.8 Å². The van der Waals surface area contributed by atoms with E-state index in [0.717, 1.165) is 36.8 Å². The van der Waals surface area contributed by atoms with Crippen LogP contribution < -0.4 is 14.8 Å². The lowest BCUT2D eigenvalue weighted by Gasteiger charge is -2.27. The molecule has 0 fully saturated rings. The Kier molecular flexibility index (Phi) is 3.86. The molecule has 1 atom stereocenters. The van der Waals surface area contributed by atoms with Crippen molar-refractivity contribution in [2.24, 2.45) is 4.99 Å². The third-order valence-corrected chi connectivity index (χ3v) is 3.48. The summed E-state index contributed by atoms with van der Waals surface area (Å²) in [6.45, 7) is 2.30. The van der Waals surface area contributed by atoms with Gasteiger partial charge in [0.15, 0.2) is 11.5 Å². The van der Waals surface area contributed by atoms with Gasteiger partial charge in [0.25, 0.3) is 0 Å². The number of nitrogens with one attached hydrogen (secondary N) is 1. The molecule has 0 unspecified atom stereocenters. The Bertz CT molecular complexity index is 459. The Labute approximate surface area is 113 Å². The van der Waals surface area contributed by atoms with Crippen molar-refractivity contribution in [1.29, 1.82) is 0 Å². The molecular weight excluding hydrogens is 240 g/mol. The van der Waals surface area contributed by atoms with Crippen molar-refractivity contribution in [3.8, 4) is 11.5 Å². The first-order valence-electron chi connectivity index (χ1n) is 7.07. The Hall–Kier alpha value is -1.71. The van der Waals surface area contributed by atoms with Crippen molar-refractivity contribution >= 4 is 5.84 Å². The third-order valence-electron chi connectivity index (χ3n) is 3.48. The highest BCUT2D eigenvalue weighted by molar-refractivity contribution is 5.82. The van der Waals surface area contributed by atoms with Gasteiger partial charge in [0, 0.05) is 13.0 Å². The van der Waals surface area contributed by atoms with E-state index in [1.54, 1.807) is 0 Å². The van der Waals surface area contributed by atoms with Gasteiger partial charge >= 0.3 is 0 Å². The fraction of sp³-hybridized carbons (Fsp3) is 0.533. The van der Waals surface area contributed by atoms with Crippen LogP contribution in [0.4, 0.5) is 0 Å². The second-order valence-electron chi connectivity index (χ2n) is 5.02. The van der Waals surface area contributed by atoms with Crippen LogP contribution in [0.2, 0.25) is 0 Å². The summed E-state index contributed by atoms with van der Waals surface area (Å²) < 4.78 is 11.6. The van der Waals surface area contributed by atoms with E-state index in [2.05, 4.69) is 10.3 Å². The van der Waals surface area contributed by atoms with Gasteiger partial charge in [-0.1, -0.05) is 18.6 Å². The fourth-order valence-electron chi connectivity index (χ4n) is 2.41. The van der Waals surface area contributed by atoms with Gasteiger partial charge in [-0.2, -0.15) is 0 Å². The van der Waals surface area contributed by atoms with Gasteiger partial charge in [0.05, 0.1) is 12.4 Å². The normalized spacial score (nSPS) is 22.3. The van der Waals surface area contributed by atoms with Crippen LogP contribution in [-0.2, 0) is 0 Å². The van der Waals surface area contributed by atoms with Crippen LogP contribution in [0.3, 0.4) is 0 Å². The summed E-state index contributed by atoms with van der Waals surface area (Å²) in [5, 5.41) is 3.41. The zero-order valence-electron chi connectivity index (χ0n) is 11.1. The van der Waals surface area contributed by atoms with E-state index in [1.165, 1.54) is 19.3 Å². The molecule has 3 rings (SSSR count). The molecule has 19 heavy (non-hydrogen) atoms. The first-order chi connectivity index (χ1) is 9.42. The molecular formula is C15H20N2O2. The molecule has 102 valence electrons. The average molecular weight is 260 g/mol. The number of nitrogens with zero attached hydrogens (tertiary/aromatic N) is 1. The van der Waals surface area contributed by atoms with E-state index in [9.17, 15) is 0 Å². The van der Waals surface area contributed by atoms with Gasteiger partial charge in [0.2, 0.25) is 0 Å². The second-order valence-corrected chi connectivity index (χ2v) is 5.02. The zero-order valence-corrected chi connectivity index (χ0v) is 11.1. The molecule has 4 heteroatoms. The molecule has 0 saturated carbocycles. The Morgan fingerprint density at radius 3 is 3.00 bits per heavy atom. The summed E-state index contributed by atoms with van der Waals surface area (Å²) in [5.41, 5.74) is 0. The largest absolute Gasteiger partial charge is 0.486 e. The molecule has 0 saturated heterocycles. The molecule has 4 nitrogen and oxygen atoms in total. The first kappa shape index (κ1) is 12.3. The van der Waals surface area contributed by atoms with Crippen LogP contribution >= 0.6 is 0 Å². The number of aliphatic imine (C=N–C) groups is 1. The molecule has 2 aliphatic rings. The summed E-state index contributed by atoms with van der Waals surface area (Å²) >= 11 is 0. The summed E-state index contributed by atoms with van der Waals surface area (Å²) in [4.78, 5) is 4.56. The van der Waals surface area contributed by atoms with E-state index in [0.29, 0.717) is 6.61 Å². The number of hydrogen-bond donors (Lipinski definition) is 1. The minimum Gasteiger partial charge on any atom is -0.486 e. The number of amidine groups is 1. The van der Waals surface area contributed by atoms with E-state index < -0.39 is 0 Å². The average Bonchev–Trinajstić information content (AvgIpc) is 2.73. The second kappa shape index (κ2) is 5.95. The Balaban J connectivity index is 1.53. The number of benzene rings is 1. The maximum absolute atomic E-state index is 5.91. The molecule has 0 bridgehead atoms. The summed E-state index contributed by atoms with van der Waals surface area (Å²) in [5.74, 6) is 2.80. The minimum absolute atomic E-state index is 0.0563. The van der Waals surface area contributed by atoms with Gasteiger partial charge in [-0.05, 0) is 25.0 Å². The quantitative estimate of drug-likeness (QED) is 0.888. The Morgan fingerprint density at radius 1 is 1.16 bits per heavy atom. The van der Waals surface area contributed by atoms with E-state index in [1.807, 2.05) is 24.3 Å². The van der Waals surface area contributed by atoms with Crippen LogP contribution in [0.15, 0.2) is 29.3 Å². The van der Waals surface area contributed by atoms with Crippen molar-refractivity contribution in [3.63, 3.8) is 0 Å². The highest BCUT2D eigenvalue weighted by Crippen LogP contribution is 2.30. The van der Waals surface area contributed by atoms with Crippen LogP contribution in [0.5, 0.6) is 11.5 Å². The van der Waals surface area contributed by atoms with Crippen LogP contribution in [-0.4, -0.2) is 31.6 Å². The maximum Gasteiger partial charge on any atom is 0.161 e.